The number of ether oxygens (including phenoxy) is 1. The molecule has 8 nitrogen and oxygen atoms in total. The van der Waals surface area contributed by atoms with Crippen LogP contribution in [0.2, 0.25) is 0 Å². The third-order valence-corrected chi connectivity index (χ3v) is 5.28. The summed E-state index contributed by atoms with van der Waals surface area (Å²) in [7, 11) is 1.51. The van der Waals surface area contributed by atoms with Crippen molar-refractivity contribution in [1.82, 2.24) is 18.7 Å². The number of aromatic nitrogens is 4. The van der Waals surface area contributed by atoms with Gasteiger partial charge in [-0.25, -0.2) is 9.18 Å². The summed E-state index contributed by atoms with van der Waals surface area (Å²) in [6.45, 7) is 1.77. The zero-order valence-corrected chi connectivity index (χ0v) is 17.8. The Morgan fingerprint density at radius 1 is 1.06 bits per heavy atom. The van der Waals surface area contributed by atoms with Gasteiger partial charge in [0, 0.05) is 20.2 Å². The van der Waals surface area contributed by atoms with E-state index < -0.39 is 17.1 Å². The maximum atomic E-state index is 14.6. The Kier molecular flexibility index (Phi) is 5.91. The number of fused-ring (bicyclic) bond motifs is 1. The van der Waals surface area contributed by atoms with E-state index in [0.29, 0.717) is 5.56 Å². The molecule has 4 aromatic rings. The minimum atomic E-state index is -0.548. The van der Waals surface area contributed by atoms with E-state index in [0.717, 1.165) is 10.1 Å². The number of aryl methyl sites for hydroxylation is 2. The van der Waals surface area contributed by atoms with Gasteiger partial charge in [-0.3, -0.25) is 18.5 Å². The van der Waals surface area contributed by atoms with Crippen LogP contribution in [0.1, 0.15) is 17.5 Å². The summed E-state index contributed by atoms with van der Waals surface area (Å²) in [5.41, 5.74) is 0.493. The lowest BCUT2D eigenvalue weighted by Crippen LogP contribution is -2.39. The SMILES string of the molecule is Cc1cccc(Oc2nc3c(c(=O)n(CCCO)c(=O)n3C)n2Cc2ccccc2)c1F. The first kappa shape index (κ1) is 21.5. The standard InChI is InChI=1S/C23H23FN4O4/c1-15-8-6-11-17(18(15)24)32-22-25-20-19(28(22)14-16-9-4-3-5-10-16)21(30)27(12-7-13-29)23(31)26(20)2/h3-6,8-11,29H,7,12-14H2,1-2H3. The van der Waals surface area contributed by atoms with E-state index in [9.17, 15) is 14.0 Å². The van der Waals surface area contributed by atoms with Crippen LogP contribution in [-0.2, 0) is 20.1 Å². The highest BCUT2D eigenvalue weighted by atomic mass is 19.1. The van der Waals surface area contributed by atoms with Gasteiger partial charge in [0.1, 0.15) is 0 Å². The Hall–Kier alpha value is -3.72. The summed E-state index contributed by atoms with van der Waals surface area (Å²) in [5.74, 6) is -0.555. The monoisotopic (exact) mass is 438 g/mol. The predicted molar refractivity (Wildman–Crippen MR) is 118 cm³/mol. The quantitative estimate of drug-likeness (QED) is 0.479. The Morgan fingerprint density at radius 3 is 2.53 bits per heavy atom. The zero-order chi connectivity index (χ0) is 22.8. The van der Waals surface area contributed by atoms with Crippen LogP contribution in [-0.4, -0.2) is 30.4 Å². The van der Waals surface area contributed by atoms with Gasteiger partial charge in [-0.2, -0.15) is 4.98 Å². The molecule has 2 aromatic heterocycles. The van der Waals surface area contributed by atoms with Gasteiger partial charge in [-0.05, 0) is 30.5 Å². The molecule has 0 aliphatic heterocycles. The molecule has 0 bridgehead atoms. The number of imidazole rings is 1. The molecule has 2 aromatic carbocycles. The van der Waals surface area contributed by atoms with Crippen LogP contribution in [0.5, 0.6) is 11.8 Å². The van der Waals surface area contributed by atoms with Crippen molar-refractivity contribution in [2.24, 2.45) is 7.05 Å². The maximum absolute atomic E-state index is 14.6. The summed E-state index contributed by atoms with van der Waals surface area (Å²) in [5, 5.41) is 9.16. The number of nitrogens with zero attached hydrogens (tertiary/aromatic N) is 4. The van der Waals surface area contributed by atoms with E-state index in [-0.39, 0.29) is 49.0 Å². The predicted octanol–water partition coefficient (Wildman–Crippen LogP) is 2.57. The van der Waals surface area contributed by atoms with Crippen molar-refractivity contribution in [3.8, 4) is 11.8 Å². The molecule has 0 saturated heterocycles. The van der Waals surface area contributed by atoms with Crippen LogP contribution >= 0.6 is 0 Å². The fourth-order valence-corrected chi connectivity index (χ4v) is 3.57. The first-order valence-electron chi connectivity index (χ1n) is 10.2. The van der Waals surface area contributed by atoms with E-state index >= 15 is 0 Å². The number of rotatable bonds is 7. The average Bonchev–Trinajstić information content (AvgIpc) is 3.14. The van der Waals surface area contributed by atoms with E-state index in [4.69, 9.17) is 9.84 Å². The van der Waals surface area contributed by atoms with Gasteiger partial charge in [-0.1, -0.05) is 42.5 Å². The molecule has 9 heteroatoms. The average molecular weight is 438 g/mol. The van der Waals surface area contributed by atoms with Crippen molar-refractivity contribution in [3.63, 3.8) is 0 Å². The number of hydrogen-bond acceptors (Lipinski definition) is 5. The molecule has 0 aliphatic carbocycles. The number of aliphatic hydroxyl groups excluding tert-OH is 1. The van der Waals surface area contributed by atoms with Gasteiger partial charge in [0.15, 0.2) is 22.7 Å². The van der Waals surface area contributed by atoms with Gasteiger partial charge < -0.3 is 9.84 Å². The number of halogens is 1. The molecule has 0 aliphatic rings. The number of benzene rings is 2. The molecule has 0 atom stereocenters. The van der Waals surface area contributed by atoms with Crippen LogP contribution in [0.25, 0.3) is 11.2 Å². The van der Waals surface area contributed by atoms with Crippen molar-refractivity contribution in [2.45, 2.75) is 26.4 Å². The molecule has 32 heavy (non-hydrogen) atoms. The van der Waals surface area contributed by atoms with Crippen LogP contribution in [0.3, 0.4) is 0 Å². The molecule has 1 N–H and O–H groups in total. The van der Waals surface area contributed by atoms with E-state index in [1.165, 1.54) is 17.7 Å². The Morgan fingerprint density at radius 2 is 1.81 bits per heavy atom. The molecule has 0 saturated carbocycles. The molecular weight excluding hydrogens is 415 g/mol. The first-order chi connectivity index (χ1) is 15.4. The molecule has 2 heterocycles. The highest BCUT2D eigenvalue weighted by Crippen LogP contribution is 2.28. The second-order valence-corrected chi connectivity index (χ2v) is 7.50. The van der Waals surface area contributed by atoms with Crippen molar-refractivity contribution < 1.29 is 14.2 Å². The van der Waals surface area contributed by atoms with E-state index in [2.05, 4.69) is 4.98 Å². The Labute approximate surface area is 182 Å². The van der Waals surface area contributed by atoms with Crippen LogP contribution in [0.4, 0.5) is 4.39 Å². The molecule has 0 amide bonds. The summed E-state index contributed by atoms with van der Waals surface area (Å²) < 4.78 is 24.3. The molecular formula is C23H23FN4O4. The molecule has 4 rings (SSSR count). The zero-order valence-electron chi connectivity index (χ0n) is 17.8. The fraction of sp³-hybridized carbons (Fsp3) is 0.261. The number of hydrogen-bond donors (Lipinski definition) is 1. The van der Waals surface area contributed by atoms with E-state index in [1.807, 2.05) is 30.3 Å². The third-order valence-electron chi connectivity index (χ3n) is 5.28. The maximum Gasteiger partial charge on any atom is 0.332 e. The van der Waals surface area contributed by atoms with Gasteiger partial charge >= 0.3 is 11.7 Å². The third kappa shape index (κ3) is 3.82. The van der Waals surface area contributed by atoms with Crippen molar-refractivity contribution >= 4 is 11.2 Å². The summed E-state index contributed by atoms with van der Waals surface area (Å²) in [4.78, 5) is 30.4. The van der Waals surface area contributed by atoms with Crippen molar-refractivity contribution in [2.75, 3.05) is 6.61 Å². The van der Waals surface area contributed by atoms with E-state index in [1.54, 1.807) is 23.6 Å². The second-order valence-electron chi connectivity index (χ2n) is 7.50. The summed E-state index contributed by atoms with van der Waals surface area (Å²) in [6, 6.07) is 14.1. The normalized spacial score (nSPS) is 11.2. The summed E-state index contributed by atoms with van der Waals surface area (Å²) in [6.07, 6.45) is 0.255. The molecule has 0 spiro atoms. The van der Waals surface area contributed by atoms with Crippen LogP contribution < -0.4 is 16.0 Å². The van der Waals surface area contributed by atoms with Gasteiger partial charge in [0.2, 0.25) is 0 Å². The Balaban J connectivity index is 1.96. The van der Waals surface area contributed by atoms with Gasteiger partial charge in [0.25, 0.3) is 5.56 Å². The lowest BCUT2D eigenvalue weighted by molar-refractivity contribution is 0.277. The smallest absolute Gasteiger partial charge is 0.332 e. The summed E-state index contributed by atoms with van der Waals surface area (Å²) >= 11 is 0. The second kappa shape index (κ2) is 8.80. The van der Waals surface area contributed by atoms with Crippen LogP contribution in [0, 0.1) is 12.7 Å². The topological polar surface area (TPSA) is 91.3 Å². The number of aliphatic hydroxyl groups is 1. The largest absolute Gasteiger partial charge is 0.422 e. The first-order valence-corrected chi connectivity index (χ1v) is 10.2. The van der Waals surface area contributed by atoms with Crippen LogP contribution in [0.15, 0.2) is 58.1 Å². The molecule has 0 fully saturated rings. The van der Waals surface area contributed by atoms with Crippen molar-refractivity contribution in [3.05, 3.63) is 86.3 Å². The molecule has 0 unspecified atom stereocenters. The van der Waals surface area contributed by atoms with Crippen molar-refractivity contribution in [1.29, 1.82) is 0 Å². The Bertz CT molecular complexity index is 1390. The molecule has 166 valence electrons. The molecule has 0 radical (unpaired) electrons. The van der Waals surface area contributed by atoms with Gasteiger partial charge in [0.05, 0.1) is 6.54 Å². The minimum absolute atomic E-state index is 0.000334. The van der Waals surface area contributed by atoms with Gasteiger partial charge in [-0.15, -0.1) is 0 Å². The fourth-order valence-electron chi connectivity index (χ4n) is 3.57. The highest BCUT2D eigenvalue weighted by molar-refractivity contribution is 5.72. The lowest BCUT2D eigenvalue weighted by Gasteiger charge is -2.12. The minimum Gasteiger partial charge on any atom is -0.422 e. The lowest BCUT2D eigenvalue weighted by atomic mass is 10.2. The highest BCUT2D eigenvalue weighted by Gasteiger charge is 2.22.